The molecule has 0 fully saturated rings. The van der Waals surface area contributed by atoms with E-state index < -0.39 is 0 Å². The molecule has 5 nitrogen and oxygen atoms in total. The van der Waals surface area contributed by atoms with Crippen molar-refractivity contribution in [2.24, 2.45) is 12.9 Å². The normalized spacial score (nSPS) is 12.6. The van der Waals surface area contributed by atoms with Gasteiger partial charge in [-0.2, -0.15) is 0 Å². The molecule has 2 aromatic rings. The lowest BCUT2D eigenvalue weighted by molar-refractivity contribution is 0.506. The van der Waals surface area contributed by atoms with Crippen LogP contribution < -0.4 is 11.3 Å². The predicted molar refractivity (Wildman–Crippen MR) is 61.2 cm³/mol. The van der Waals surface area contributed by atoms with Gasteiger partial charge >= 0.3 is 0 Å². The van der Waals surface area contributed by atoms with Crippen molar-refractivity contribution in [3.8, 4) is 0 Å². The lowest BCUT2D eigenvalue weighted by Gasteiger charge is -2.15. The second kappa shape index (κ2) is 5.03. The molecule has 1 unspecified atom stereocenters. The first-order chi connectivity index (χ1) is 8.20. The van der Waals surface area contributed by atoms with E-state index in [-0.39, 0.29) is 11.9 Å². The topological polar surface area (TPSA) is 68.8 Å². The molecule has 1 heterocycles. The van der Waals surface area contributed by atoms with Crippen molar-refractivity contribution in [2.45, 2.75) is 12.5 Å². The van der Waals surface area contributed by atoms with Crippen LogP contribution in [0, 0.1) is 5.82 Å². The standard InChI is InChI=1S/C11H14FN5/c1-17-7-8(15-16-17)6-11(14-13)9-4-2-3-5-10(9)12/h2-5,7,11,14H,6,13H2,1H3. The molecule has 90 valence electrons. The molecule has 0 aliphatic heterocycles. The zero-order chi connectivity index (χ0) is 12.3. The van der Waals surface area contributed by atoms with Gasteiger partial charge in [0.05, 0.1) is 11.7 Å². The highest BCUT2D eigenvalue weighted by Gasteiger charge is 2.15. The van der Waals surface area contributed by atoms with E-state index in [2.05, 4.69) is 15.7 Å². The third-order valence-electron chi connectivity index (χ3n) is 2.55. The summed E-state index contributed by atoms with van der Waals surface area (Å²) in [5.74, 6) is 5.18. The maximum atomic E-state index is 13.6. The SMILES string of the molecule is Cn1cc(CC(NN)c2ccccc2F)nn1. The Morgan fingerprint density at radius 1 is 1.47 bits per heavy atom. The number of nitrogens with one attached hydrogen (secondary N) is 1. The van der Waals surface area contributed by atoms with Crippen LogP contribution in [0.15, 0.2) is 30.5 Å². The lowest BCUT2D eigenvalue weighted by Crippen LogP contribution is -2.30. The van der Waals surface area contributed by atoms with E-state index in [4.69, 9.17) is 5.84 Å². The molecule has 0 spiro atoms. The monoisotopic (exact) mass is 235 g/mol. The van der Waals surface area contributed by atoms with E-state index >= 15 is 0 Å². The minimum Gasteiger partial charge on any atom is -0.271 e. The summed E-state index contributed by atoms with van der Waals surface area (Å²) < 4.78 is 15.2. The fraction of sp³-hybridized carbons (Fsp3) is 0.273. The van der Waals surface area contributed by atoms with Crippen molar-refractivity contribution in [1.82, 2.24) is 20.4 Å². The van der Waals surface area contributed by atoms with Crippen LogP contribution in [0.1, 0.15) is 17.3 Å². The fourth-order valence-corrected chi connectivity index (χ4v) is 1.71. The first kappa shape index (κ1) is 11.7. The van der Waals surface area contributed by atoms with Crippen molar-refractivity contribution in [1.29, 1.82) is 0 Å². The number of aryl methyl sites for hydroxylation is 1. The predicted octanol–water partition coefficient (Wildman–Crippen LogP) is 0.701. The van der Waals surface area contributed by atoms with Gasteiger partial charge < -0.3 is 0 Å². The molecule has 2 rings (SSSR count). The van der Waals surface area contributed by atoms with E-state index in [9.17, 15) is 4.39 Å². The van der Waals surface area contributed by atoms with Gasteiger partial charge in [0.25, 0.3) is 0 Å². The third kappa shape index (κ3) is 2.66. The lowest BCUT2D eigenvalue weighted by atomic mass is 10.0. The summed E-state index contributed by atoms with van der Waals surface area (Å²) >= 11 is 0. The van der Waals surface area contributed by atoms with Crippen LogP contribution >= 0.6 is 0 Å². The highest BCUT2D eigenvalue weighted by molar-refractivity contribution is 5.22. The molecule has 1 atom stereocenters. The van der Waals surface area contributed by atoms with Crippen molar-refractivity contribution in [2.75, 3.05) is 0 Å². The molecular weight excluding hydrogens is 221 g/mol. The van der Waals surface area contributed by atoms with Crippen molar-refractivity contribution < 1.29 is 4.39 Å². The second-order valence-electron chi connectivity index (χ2n) is 3.83. The van der Waals surface area contributed by atoms with E-state index in [1.165, 1.54) is 6.07 Å². The van der Waals surface area contributed by atoms with Crippen LogP contribution in [0.5, 0.6) is 0 Å². The molecule has 0 radical (unpaired) electrons. The Morgan fingerprint density at radius 3 is 2.82 bits per heavy atom. The molecule has 0 saturated heterocycles. The van der Waals surface area contributed by atoms with Crippen LogP contribution in [-0.4, -0.2) is 15.0 Å². The van der Waals surface area contributed by atoms with Crippen LogP contribution in [0.2, 0.25) is 0 Å². The number of aromatic nitrogens is 3. The summed E-state index contributed by atoms with van der Waals surface area (Å²) in [6, 6.07) is 6.23. The highest BCUT2D eigenvalue weighted by Crippen LogP contribution is 2.19. The summed E-state index contributed by atoms with van der Waals surface area (Å²) in [5, 5.41) is 7.78. The molecule has 0 amide bonds. The van der Waals surface area contributed by atoms with Gasteiger partial charge in [0.15, 0.2) is 0 Å². The number of nitrogens with zero attached hydrogens (tertiary/aromatic N) is 3. The number of nitrogens with two attached hydrogens (primary N) is 1. The molecule has 0 bridgehead atoms. The van der Waals surface area contributed by atoms with Crippen molar-refractivity contribution in [3.05, 3.63) is 47.5 Å². The molecule has 0 aliphatic carbocycles. The molecule has 6 heteroatoms. The number of hydrogen-bond donors (Lipinski definition) is 2. The number of hydrazine groups is 1. The van der Waals surface area contributed by atoms with E-state index in [0.29, 0.717) is 12.0 Å². The van der Waals surface area contributed by atoms with Crippen molar-refractivity contribution >= 4 is 0 Å². The van der Waals surface area contributed by atoms with Gasteiger partial charge in [-0.15, -0.1) is 5.10 Å². The molecule has 0 saturated carbocycles. The Hall–Kier alpha value is -1.79. The average molecular weight is 235 g/mol. The van der Waals surface area contributed by atoms with Gasteiger partial charge in [-0.25, -0.2) is 4.39 Å². The maximum Gasteiger partial charge on any atom is 0.128 e. The summed E-state index contributed by atoms with van der Waals surface area (Å²) in [7, 11) is 1.78. The quantitative estimate of drug-likeness (QED) is 0.604. The summed E-state index contributed by atoms with van der Waals surface area (Å²) in [6.07, 6.45) is 2.27. The number of rotatable bonds is 4. The van der Waals surface area contributed by atoms with Gasteiger partial charge in [0.2, 0.25) is 0 Å². The zero-order valence-corrected chi connectivity index (χ0v) is 9.47. The fourth-order valence-electron chi connectivity index (χ4n) is 1.71. The molecule has 1 aromatic heterocycles. The van der Waals surface area contributed by atoms with Gasteiger partial charge in [0, 0.05) is 25.2 Å². The van der Waals surface area contributed by atoms with Gasteiger partial charge in [-0.1, -0.05) is 23.4 Å². The molecule has 1 aromatic carbocycles. The minimum absolute atomic E-state index is 0.278. The molecule has 17 heavy (non-hydrogen) atoms. The van der Waals surface area contributed by atoms with Gasteiger partial charge in [0.1, 0.15) is 5.82 Å². The zero-order valence-electron chi connectivity index (χ0n) is 9.47. The Kier molecular flexibility index (Phi) is 3.46. The Balaban J connectivity index is 2.20. The number of halogens is 1. The summed E-state index contributed by atoms with van der Waals surface area (Å²) in [6.45, 7) is 0. The van der Waals surface area contributed by atoms with Crippen LogP contribution in [0.25, 0.3) is 0 Å². The number of benzene rings is 1. The first-order valence-electron chi connectivity index (χ1n) is 5.26. The minimum atomic E-state index is -0.312. The molecule has 0 aliphatic rings. The van der Waals surface area contributed by atoms with E-state index in [1.807, 2.05) is 0 Å². The Bertz CT molecular complexity index is 496. The van der Waals surface area contributed by atoms with Crippen LogP contribution in [0.4, 0.5) is 4.39 Å². The van der Waals surface area contributed by atoms with Gasteiger partial charge in [-0.3, -0.25) is 16.0 Å². The van der Waals surface area contributed by atoms with E-state index in [1.54, 1.807) is 36.1 Å². The second-order valence-corrected chi connectivity index (χ2v) is 3.83. The Morgan fingerprint density at radius 2 is 2.24 bits per heavy atom. The average Bonchev–Trinajstić information content (AvgIpc) is 2.73. The van der Waals surface area contributed by atoms with Crippen LogP contribution in [-0.2, 0) is 13.5 Å². The summed E-state index contributed by atoms with van der Waals surface area (Å²) in [5.41, 5.74) is 3.89. The summed E-state index contributed by atoms with van der Waals surface area (Å²) in [4.78, 5) is 0. The highest BCUT2D eigenvalue weighted by atomic mass is 19.1. The molecule has 3 N–H and O–H groups in total. The van der Waals surface area contributed by atoms with Crippen molar-refractivity contribution in [3.63, 3.8) is 0 Å². The largest absolute Gasteiger partial charge is 0.271 e. The maximum absolute atomic E-state index is 13.6. The third-order valence-corrected chi connectivity index (χ3v) is 2.55. The first-order valence-corrected chi connectivity index (χ1v) is 5.26. The van der Waals surface area contributed by atoms with E-state index in [0.717, 1.165) is 5.69 Å². The van der Waals surface area contributed by atoms with Gasteiger partial charge in [-0.05, 0) is 6.07 Å². The Labute approximate surface area is 98.4 Å². The van der Waals surface area contributed by atoms with Crippen LogP contribution in [0.3, 0.4) is 0 Å². The smallest absolute Gasteiger partial charge is 0.128 e. The molecular formula is C11H14FN5. The number of hydrogen-bond acceptors (Lipinski definition) is 4.